The largest absolute Gasteiger partial charge is 0.335 e. The van der Waals surface area contributed by atoms with Crippen LogP contribution in [0.2, 0.25) is 0 Å². The topological polar surface area (TPSA) is 46.4 Å². The van der Waals surface area contributed by atoms with E-state index >= 15 is 0 Å². The molecule has 0 bridgehead atoms. The minimum Gasteiger partial charge on any atom is -0.335 e. The highest BCUT2D eigenvalue weighted by Crippen LogP contribution is 2.47. The Morgan fingerprint density at radius 3 is 2.60 bits per heavy atom. The first kappa shape index (κ1) is 17.2. The Morgan fingerprint density at radius 2 is 1.88 bits per heavy atom. The van der Waals surface area contributed by atoms with Crippen LogP contribution in [0.5, 0.6) is 0 Å². The van der Waals surface area contributed by atoms with Crippen LogP contribution >= 0.6 is 0 Å². The van der Waals surface area contributed by atoms with Crippen molar-refractivity contribution in [2.45, 2.75) is 38.5 Å². The summed E-state index contributed by atoms with van der Waals surface area (Å²) < 4.78 is 0. The van der Waals surface area contributed by atoms with E-state index in [1.165, 1.54) is 5.56 Å². The molecule has 1 aromatic rings. The lowest BCUT2D eigenvalue weighted by molar-refractivity contribution is -0.420. The second-order valence-electron chi connectivity index (χ2n) is 6.54. The van der Waals surface area contributed by atoms with Gasteiger partial charge in [0, 0.05) is 23.7 Å². The van der Waals surface area contributed by atoms with Crippen LogP contribution in [0, 0.1) is 10.1 Å². The first-order chi connectivity index (χ1) is 12.1. The zero-order valence-electron chi connectivity index (χ0n) is 14.8. The van der Waals surface area contributed by atoms with Gasteiger partial charge in [-0.15, -0.1) is 0 Å². The Labute approximate surface area is 149 Å². The number of fused-ring (bicyclic) bond motifs is 1. The van der Waals surface area contributed by atoms with Gasteiger partial charge in [-0.1, -0.05) is 56.4 Å². The molecule has 4 heteroatoms. The summed E-state index contributed by atoms with van der Waals surface area (Å²) in [6.45, 7) is 5.18. The van der Waals surface area contributed by atoms with Gasteiger partial charge in [-0.05, 0) is 37.0 Å². The fourth-order valence-corrected chi connectivity index (χ4v) is 3.82. The summed E-state index contributed by atoms with van der Waals surface area (Å²) >= 11 is 0. The van der Waals surface area contributed by atoms with Crippen LogP contribution < -0.4 is 4.90 Å². The van der Waals surface area contributed by atoms with Crippen LogP contribution in [0.25, 0.3) is 0 Å². The van der Waals surface area contributed by atoms with Crippen molar-refractivity contribution in [3.8, 4) is 0 Å². The summed E-state index contributed by atoms with van der Waals surface area (Å²) in [5.74, 6) is 0. The number of para-hydroxylation sites is 1. The van der Waals surface area contributed by atoms with Crippen LogP contribution in [-0.4, -0.2) is 11.5 Å². The third kappa shape index (κ3) is 3.04. The summed E-state index contributed by atoms with van der Waals surface area (Å²) in [4.78, 5) is 13.6. The molecule has 0 saturated carbocycles. The maximum Gasteiger partial charge on any atom is 0.292 e. The van der Waals surface area contributed by atoms with Gasteiger partial charge in [0.05, 0.1) is 4.92 Å². The van der Waals surface area contributed by atoms with E-state index in [9.17, 15) is 10.1 Å². The van der Waals surface area contributed by atoms with Crippen LogP contribution in [0.4, 0.5) is 5.69 Å². The van der Waals surface area contributed by atoms with Gasteiger partial charge in [0.1, 0.15) is 5.70 Å². The standard InChI is InChI=1S/C21H24N2O2/c1-3-21(4-2)16-22(18-13-11-10-12-17(18)21)19-14-8-6-5-7-9-15-20(19)23(24)25/h5,7-15H,3-4,6,16H2,1-2H3/b7-5-,14-8-,15-9+,20-19-. The fraction of sp³-hybridized carbons (Fsp3) is 0.333. The van der Waals surface area contributed by atoms with E-state index in [1.54, 1.807) is 12.2 Å². The minimum atomic E-state index is -0.282. The maximum atomic E-state index is 11.7. The Bertz CT molecular complexity index is 783. The number of hydrogen-bond donors (Lipinski definition) is 0. The van der Waals surface area contributed by atoms with Gasteiger partial charge in [-0.3, -0.25) is 10.1 Å². The minimum absolute atomic E-state index is 0.0412. The molecule has 1 heterocycles. The molecular formula is C21H24N2O2. The maximum absolute atomic E-state index is 11.7. The van der Waals surface area contributed by atoms with Crippen molar-refractivity contribution in [2.24, 2.45) is 0 Å². The fourth-order valence-electron chi connectivity index (χ4n) is 3.82. The molecule has 0 unspecified atom stereocenters. The summed E-state index contributed by atoms with van der Waals surface area (Å²) in [6, 6.07) is 8.32. The van der Waals surface area contributed by atoms with Crippen LogP contribution in [0.1, 0.15) is 38.7 Å². The molecule has 0 radical (unpaired) electrons. The Hall–Kier alpha value is -2.62. The normalized spacial score (nSPS) is 25.4. The van der Waals surface area contributed by atoms with Crippen LogP contribution in [-0.2, 0) is 5.41 Å². The first-order valence-corrected chi connectivity index (χ1v) is 8.88. The van der Waals surface area contributed by atoms with Crippen molar-refractivity contribution in [1.29, 1.82) is 0 Å². The van der Waals surface area contributed by atoms with Gasteiger partial charge in [0.25, 0.3) is 5.70 Å². The van der Waals surface area contributed by atoms with Crippen LogP contribution in [0.3, 0.4) is 0 Å². The number of nitrogens with zero attached hydrogens (tertiary/aromatic N) is 2. The molecule has 0 spiro atoms. The third-order valence-corrected chi connectivity index (χ3v) is 5.38. The molecule has 0 amide bonds. The predicted molar refractivity (Wildman–Crippen MR) is 102 cm³/mol. The van der Waals surface area contributed by atoms with Gasteiger partial charge in [-0.25, -0.2) is 0 Å². The number of nitro groups is 1. The van der Waals surface area contributed by atoms with Gasteiger partial charge >= 0.3 is 0 Å². The van der Waals surface area contributed by atoms with Gasteiger partial charge < -0.3 is 4.90 Å². The summed E-state index contributed by atoms with van der Waals surface area (Å²) in [5, 5.41) is 11.7. The molecule has 1 aliphatic heterocycles. The summed E-state index contributed by atoms with van der Waals surface area (Å²) in [7, 11) is 0. The van der Waals surface area contributed by atoms with Gasteiger partial charge in [0.15, 0.2) is 0 Å². The average molecular weight is 336 g/mol. The number of hydrogen-bond acceptors (Lipinski definition) is 3. The third-order valence-electron chi connectivity index (χ3n) is 5.38. The molecule has 130 valence electrons. The Balaban J connectivity index is 2.18. The highest BCUT2D eigenvalue weighted by Gasteiger charge is 2.41. The monoisotopic (exact) mass is 336 g/mol. The van der Waals surface area contributed by atoms with Crippen molar-refractivity contribution < 1.29 is 4.92 Å². The lowest BCUT2D eigenvalue weighted by Gasteiger charge is -2.28. The smallest absolute Gasteiger partial charge is 0.292 e. The number of rotatable bonds is 4. The first-order valence-electron chi connectivity index (χ1n) is 8.88. The molecule has 1 aromatic carbocycles. The molecule has 25 heavy (non-hydrogen) atoms. The van der Waals surface area contributed by atoms with Crippen molar-refractivity contribution in [2.75, 3.05) is 11.4 Å². The molecular weight excluding hydrogens is 312 g/mol. The van der Waals surface area contributed by atoms with E-state index in [4.69, 9.17) is 0 Å². The predicted octanol–water partition coefficient (Wildman–Crippen LogP) is 5.13. The molecule has 2 aliphatic rings. The van der Waals surface area contributed by atoms with E-state index < -0.39 is 0 Å². The second kappa shape index (κ2) is 7.09. The molecule has 3 rings (SSSR count). The summed E-state index contributed by atoms with van der Waals surface area (Å²) in [5.41, 5.74) is 3.23. The number of anilines is 1. The molecule has 0 atom stereocenters. The molecule has 1 aliphatic carbocycles. The second-order valence-corrected chi connectivity index (χ2v) is 6.54. The number of allylic oxidation sites excluding steroid dienone is 6. The van der Waals surface area contributed by atoms with E-state index in [0.717, 1.165) is 31.5 Å². The Kier molecular flexibility index (Phi) is 4.88. The highest BCUT2D eigenvalue weighted by molar-refractivity contribution is 5.68. The van der Waals surface area contributed by atoms with Crippen molar-refractivity contribution >= 4 is 5.69 Å². The van der Waals surface area contributed by atoms with E-state index in [2.05, 4.69) is 36.9 Å². The SMILES string of the molecule is CCC1(CC)CN(C2=C([N+](=O)[O-])/C=C/C=C\C/C=C\2)c2ccccc21. The zero-order valence-corrected chi connectivity index (χ0v) is 14.8. The summed E-state index contributed by atoms with van der Waals surface area (Å²) in [6.07, 6.45) is 13.9. The molecule has 0 fully saturated rings. The van der Waals surface area contributed by atoms with E-state index in [1.807, 2.05) is 30.4 Å². The lowest BCUT2D eigenvalue weighted by atomic mass is 9.78. The van der Waals surface area contributed by atoms with Gasteiger partial charge in [-0.2, -0.15) is 0 Å². The molecule has 0 aromatic heterocycles. The zero-order chi connectivity index (χ0) is 17.9. The van der Waals surface area contributed by atoms with E-state index in [-0.39, 0.29) is 16.0 Å². The van der Waals surface area contributed by atoms with Crippen molar-refractivity contribution in [1.82, 2.24) is 0 Å². The molecule has 4 nitrogen and oxygen atoms in total. The van der Waals surface area contributed by atoms with Crippen molar-refractivity contribution in [3.63, 3.8) is 0 Å². The van der Waals surface area contributed by atoms with Gasteiger partial charge in [0.2, 0.25) is 0 Å². The highest BCUT2D eigenvalue weighted by atomic mass is 16.6. The molecule has 0 saturated heterocycles. The average Bonchev–Trinajstić information content (AvgIpc) is 3.01. The van der Waals surface area contributed by atoms with E-state index in [0.29, 0.717) is 5.70 Å². The molecule has 0 N–H and O–H groups in total. The lowest BCUT2D eigenvalue weighted by Crippen LogP contribution is -2.32. The Morgan fingerprint density at radius 1 is 1.12 bits per heavy atom. The van der Waals surface area contributed by atoms with Crippen molar-refractivity contribution in [3.05, 3.63) is 87.8 Å². The van der Waals surface area contributed by atoms with Crippen LogP contribution in [0.15, 0.2) is 72.1 Å². The number of benzene rings is 1. The quantitative estimate of drug-likeness (QED) is 0.566.